The summed E-state index contributed by atoms with van der Waals surface area (Å²) in [6.07, 6.45) is 3.65. The van der Waals surface area contributed by atoms with Crippen LogP contribution in [0.2, 0.25) is 0 Å². The molecule has 0 heterocycles. The van der Waals surface area contributed by atoms with Crippen LogP contribution in [-0.2, 0) is 19.1 Å². The van der Waals surface area contributed by atoms with E-state index < -0.39 is 18.6 Å². The second-order valence-electron chi connectivity index (χ2n) is 3.49. The number of rotatable bonds is 8. The maximum absolute atomic E-state index is 11.6. The predicted molar refractivity (Wildman–Crippen MR) is 71.1 cm³/mol. The zero-order valence-corrected chi connectivity index (χ0v) is 11.5. The van der Waals surface area contributed by atoms with E-state index in [2.05, 4.69) is 16.6 Å². The Morgan fingerprint density at radius 2 is 2.21 bits per heavy atom. The number of nitriles is 1. The van der Waals surface area contributed by atoms with Gasteiger partial charge in [0.2, 0.25) is 5.91 Å². The molecule has 1 amide bonds. The van der Waals surface area contributed by atoms with Crippen molar-refractivity contribution in [1.29, 1.82) is 5.26 Å². The fourth-order valence-corrected chi connectivity index (χ4v) is 1.48. The van der Waals surface area contributed by atoms with Crippen molar-refractivity contribution >= 4 is 28.8 Å². The van der Waals surface area contributed by atoms with Crippen molar-refractivity contribution in [1.82, 2.24) is 5.32 Å². The molecule has 0 saturated heterocycles. The van der Waals surface area contributed by atoms with Gasteiger partial charge in [-0.05, 0) is 12.7 Å². The van der Waals surface area contributed by atoms with Crippen molar-refractivity contribution in [3.63, 3.8) is 0 Å². The first kappa shape index (κ1) is 17.2. The monoisotopic (exact) mass is 284 g/mol. The molecule has 1 atom stereocenters. The first-order valence-corrected chi connectivity index (χ1v) is 6.78. The number of hydrogen-bond donors (Lipinski definition) is 1. The Labute approximate surface area is 116 Å². The van der Waals surface area contributed by atoms with Crippen LogP contribution in [0.3, 0.4) is 0 Å². The van der Waals surface area contributed by atoms with E-state index in [1.807, 2.05) is 0 Å². The Hall–Kier alpha value is -1.81. The largest absolute Gasteiger partial charge is 0.449 e. The summed E-state index contributed by atoms with van der Waals surface area (Å²) in [6, 6.07) is 0.599. The molecule has 0 aromatic rings. The van der Waals surface area contributed by atoms with E-state index in [0.29, 0.717) is 6.42 Å². The van der Waals surface area contributed by atoms with Crippen LogP contribution in [0, 0.1) is 11.3 Å². The van der Waals surface area contributed by atoms with Gasteiger partial charge < -0.3 is 10.1 Å². The Bertz CT molecular complexity index is 390. The van der Waals surface area contributed by atoms with Gasteiger partial charge in [-0.1, -0.05) is 17.8 Å². The molecular formula is C12H16N2O4S. The lowest BCUT2D eigenvalue weighted by atomic mass is 10.2. The van der Waals surface area contributed by atoms with Crippen molar-refractivity contribution in [2.75, 3.05) is 12.9 Å². The van der Waals surface area contributed by atoms with Crippen LogP contribution < -0.4 is 5.32 Å². The summed E-state index contributed by atoms with van der Waals surface area (Å²) in [5, 5.41) is 10.5. The van der Waals surface area contributed by atoms with Gasteiger partial charge in [-0.2, -0.15) is 5.26 Å². The molecule has 1 unspecified atom stereocenters. The Morgan fingerprint density at radius 1 is 1.53 bits per heavy atom. The summed E-state index contributed by atoms with van der Waals surface area (Å²) in [5.41, 5.74) is 0. The normalized spacial score (nSPS) is 10.9. The molecule has 0 saturated carbocycles. The average molecular weight is 284 g/mol. The number of carbonyl (C=O) groups is 3. The molecule has 19 heavy (non-hydrogen) atoms. The van der Waals surface area contributed by atoms with E-state index in [4.69, 9.17) is 5.26 Å². The van der Waals surface area contributed by atoms with E-state index >= 15 is 0 Å². The SMILES string of the molecule is C=CCCC(=O)NC(CC(=O)SC)C(=O)OCC#N. The quantitative estimate of drug-likeness (QED) is 0.523. The highest BCUT2D eigenvalue weighted by atomic mass is 32.2. The fraction of sp³-hybridized carbons (Fsp3) is 0.500. The molecule has 0 radical (unpaired) electrons. The van der Waals surface area contributed by atoms with Crippen molar-refractivity contribution in [3.05, 3.63) is 12.7 Å². The molecule has 0 rings (SSSR count). The molecule has 7 heteroatoms. The highest BCUT2D eigenvalue weighted by Gasteiger charge is 2.24. The first-order valence-electron chi connectivity index (χ1n) is 5.55. The van der Waals surface area contributed by atoms with Crippen LogP contribution in [0.1, 0.15) is 19.3 Å². The molecule has 6 nitrogen and oxygen atoms in total. The van der Waals surface area contributed by atoms with Crippen molar-refractivity contribution in [2.24, 2.45) is 0 Å². The Morgan fingerprint density at radius 3 is 2.74 bits per heavy atom. The Kier molecular flexibility index (Phi) is 9.18. The smallest absolute Gasteiger partial charge is 0.330 e. The lowest BCUT2D eigenvalue weighted by molar-refractivity contribution is -0.147. The fourth-order valence-electron chi connectivity index (χ4n) is 1.15. The standard InChI is InChI=1S/C12H16N2O4S/c1-3-4-5-10(15)14-9(8-11(16)19-2)12(17)18-7-6-13/h3,9H,1,4-5,7-8H2,2H3,(H,14,15). The van der Waals surface area contributed by atoms with Crippen molar-refractivity contribution in [2.45, 2.75) is 25.3 Å². The lowest BCUT2D eigenvalue weighted by Gasteiger charge is -2.15. The van der Waals surface area contributed by atoms with Crippen LogP contribution in [0.15, 0.2) is 12.7 Å². The number of allylic oxidation sites excluding steroid dienone is 1. The summed E-state index contributed by atoms with van der Waals surface area (Å²) in [4.78, 5) is 34.4. The van der Waals surface area contributed by atoms with Crippen molar-refractivity contribution < 1.29 is 19.1 Å². The number of nitrogens with one attached hydrogen (secondary N) is 1. The topological polar surface area (TPSA) is 96.3 Å². The van der Waals surface area contributed by atoms with Crippen LogP contribution in [0.4, 0.5) is 0 Å². The Balaban J connectivity index is 4.52. The van der Waals surface area contributed by atoms with Gasteiger partial charge >= 0.3 is 5.97 Å². The van der Waals surface area contributed by atoms with E-state index in [0.717, 1.165) is 11.8 Å². The van der Waals surface area contributed by atoms with Gasteiger partial charge in [0.05, 0.1) is 0 Å². The van der Waals surface area contributed by atoms with Crippen LogP contribution in [0.5, 0.6) is 0 Å². The molecule has 0 aliphatic carbocycles. The highest BCUT2D eigenvalue weighted by Crippen LogP contribution is 2.06. The number of esters is 1. The average Bonchev–Trinajstić information content (AvgIpc) is 2.41. The van der Waals surface area contributed by atoms with Crippen LogP contribution >= 0.6 is 11.8 Å². The number of thioether (sulfide) groups is 1. The number of nitrogens with zero attached hydrogens (tertiary/aromatic N) is 1. The summed E-state index contributed by atoms with van der Waals surface area (Å²) in [5.74, 6) is -1.15. The highest BCUT2D eigenvalue weighted by molar-refractivity contribution is 8.13. The van der Waals surface area contributed by atoms with Gasteiger partial charge in [0.15, 0.2) is 11.7 Å². The maximum atomic E-state index is 11.6. The van der Waals surface area contributed by atoms with Crippen molar-refractivity contribution in [3.8, 4) is 6.07 Å². The summed E-state index contributed by atoms with van der Waals surface area (Å²) in [6.45, 7) is 3.07. The van der Waals surface area contributed by atoms with Gasteiger partial charge in [-0.15, -0.1) is 6.58 Å². The molecule has 0 bridgehead atoms. The second-order valence-corrected chi connectivity index (χ2v) is 4.36. The van der Waals surface area contributed by atoms with E-state index in [1.165, 1.54) is 0 Å². The zero-order chi connectivity index (χ0) is 14.7. The molecular weight excluding hydrogens is 268 g/mol. The summed E-state index contributed by atoms with van der Waals surface area (Å²) >= 11 is 0.960. The third-order valence-electron chi connectivity index (χ3n) is 2.07. The second kappa shape index (κ2) is 10.1. The summed E-state index contributed by atoms with van der Waals surface area (Å²) in [7, 11) is 0. The van der Waals surface area contributed by atoms with Gasteiger partial charge in [-0.3, -0.25) is 9.59 Å². The minimum absolute atomic E-state index is 0.161. The van der Waals surface area contributed by atoms with E-state index in [1.54, 1.807) is 18.4 Å². The molecule has 0 aromatic carbocycles. The predicted octanol–water partition coefficient (Wildman–Crippen LogP) is 0.784. The molecule has 1 N–H and O–H groups in total. The van der Waals surface area contributed by atoms with E-state index in [9.17, 15) is 14.4 Å². The molecule has 0 aliphatic rings. The molecule has 0 spiro atoms. The number of ether oxygens (including phenoxy) is 1. The number of amides is 1. The lowest BCUT2D eigenvalue weighted by Crippen LogP contribution is -2.43. The number of carbonyl (C=O) groups excluding carboxylic acids is 3. The van der Waals surface area contributed by atoms with Gasteiger partial charge in [0.25, 0.3) is 0 Å². The molecule has 0 aliphatic heterocycles. The summed E-state index contributed by atoms with van der Waals surface area (Å²) < 4.78 is 4.61. The third-order valence-corrected chi connectivity index (χ3v) is 2.69. The van der Waals surface area contributed by atoms with E-state index in [-0.39, 0.29) is 23.9 Å². The van der Waals surface area contributed by atoms with Crippen LogP contribution in [0.25, 0.3) is 0 Å². The third kappa shape index (κ3) is 8.00. The van der Waals surface area contributed by atoms with Crippen LogP contribution in [-0.4, -0.2) is 35.9 Å². The minimum atomic E-state index is -1.05. The van der Waals surface area contributed by atoms with Gasteiger partial charge in [0, 0.05) is 12.8 Å². The molecule has 104 valence electrons. The molecule has 0 fully saturated rings. The van der Waals surface area contributed by atoms with Gasteiger partial charge in [-0.25, -0.2) is 4.79 Å². The number of hydrogen-bond acceptors (Lipinski definition) is 6. The molecule has 0 aromatic heterocycles. The zero-order valence-electron chi connectivity index (χ0n) is 10.7. The van der Waals surface area contributed by atoms with Gasteiger partial charge in [0.1, 0.15) is 12.1 Å². The maximum Gasteiger partial charge on any atom is 0.330 e. The minimum Gasteiger partial charge on any atom is -0.449 e. The first-order chi connectivity index (χ1) is 9.04.